The van der Waals surface area contributed by atoms with E-state index < -0.39 is 5.97 Å². The summed E-state index contributed by atoms with van der Waals surface area (Å²) < 4.78 is 0. The molecule has 0 fully saturated rings. The Labute approximate surface area is 145 Å². The van der Waals surface area contributed by atoms with Crippen molar-refractivity contribution in [2.75, 3.05) is 0 Å². The van der Waals surface area contributed by atoms with Crippen LogP contribution < -0.4 is 0 Å². The normalized spacial score (nSPS) is 10.8. The van der Waals surface area contributed by atoms with Gasteiger partial charge in [0.15, 0.2) is 0 Å². The second kappa shape index (κ2) is 21.2. The summed E-state index contributed by atoms with van der Waals surface area (Å²) in [5.41, 5.74) is 0. The summed E-state index contributed by atoms with van der Waals surface area (Å²) in [5, 5.41) is 8.45. The minimum atomic E-state index is -0.832. The zero-order valence-corrected chi connectivity index (χ0v) is 14.8. The third-order valence-corrected chi connectivity index (χ3v) is 4.23. The molecule has 0 amide bonds. The van der Waals surface area contributed by atoms with E-state index in [9.17, 15) is 4.79 Å². The number of allylic oxidation sites excluding steroid dienone is 1. The molecule has 2 heteroatoms. The fourth-order valence-corrected chi connectivity index (χ4v) is 2.82. The van der Waals surface area contributed by atoms with E-state index in [0.29, 0.717) is 0 Å². The van der Waals surface area contributed by atoms with Gasteiger partial charge in [0.1, 0.15) is 0 Å². The summed E-state index contributed by atoms with van der Waals surface area (Å²) in [7, 11) is 0. The topological polar surface area (TPSA) is 37.3 Å². The highest BCUT2D eigenvalue weighted by Gasteiger charge is 1.94. The lowest BCUT2D eigenvalue weighted by Gasteiger charge is -2.03. The van der Waals surface area contributed by atoms with Crippen molar-refractivity contribution in [3.05, 3.63) is 12.2 Å². The molecule has 0 saturated heterocycles. The minimum Gasteiger partial charge on any atom is -0.478 e. The number of hydrogen-bond donors (Lipinski definition) is 1. The van der Waals surface area contributed by atoms with Crippen LogP contribution >= 0.6 is 0 Å². The van der Waals surface area contributed by atoms with Gasteiger partial charge in [0.05, 0.1) is 0 Å². The van der Waals surface area contributed by atoms with Gasteiger partial charge in [0.2, 0.25) is 0 Å². The summed E-state index contributed by atoms with van der Waals surface area (Å²) in [6.07, 6.45) is 24.5. The van der Waals surface area contributed by atoms with Crippen LogP contribution in [0.1, 0.15) is 117 Å². The molecule has 0 atom stereocenters. The molecular formula is C21H42O2. The largest absolute Gasteiger partial charge is 0.478 e. The molecule has 0 aliphatic carbocycles. The Morgan fingerprint density at radius 2 is 1.04 bits per heavy atom. The number of carboxylic acid groups (broad SMARTS) is 1. The van der Waals surface area contributed by atoms with Crippen LogP contribution in [0.15, 0.2) is 12.2 Å². The monoisotopic (exact) mass is 326 g/mol. The number of rotatable bonds is 17. The van der Waals surface area contributed by atoms with Crippen molar-refractivity contribution in [1.82, 2.24) is 0 Å². The van der Waals surface area contributed by atoms with Gasteiger partial charge < -0.3 is 5.11 Å². The molecule has 23 heavy (non-hydrogen) atoms. The maximum absolute atomic E-state index is 10.3. The van der Waals surface area contributed by atoms with Gasteiger partial charge in [-0.05, 0) is 12.8 Å². The summed E-state index contributed by atoms with van der Waals surface area (Å²) in [6, 6.07) is 0. The van der Waals surface area contributed by atoms with Crippen molar-refractivity contribution in [1.29, 1.82) is 0 Å². The number of hydrogen-bond acceptors (Lipinski definition) is 1. The Morgan fingerprint density at radius 1 is 0.696 bits per heavy atom. The predicted molar refractivity (Wildman–Crippen MR) is 103 cm³/mol. The quantitative estimate of drug-likeness (QED) is 0.221. The second-order valence-electron chi connectivity index (χ2n) is 6.48. The van der Waals surface area contributed by atoms with Crippen molar-refractivity contribution < 1.29 is 9.90 Å². The van der Waals surface area contributed by atoms with E-state index in [4.69, 9.17) is 5.11 Å². The van der Waals surface area contributed by atoms with Crippen molar-refractivity contribution in [3.63, 3.8) is 0 Å². The summed E-state index contributed by atoms with van der Waals surface area (Å²) in [4.78, 5) is 10.3. The first-order chi connectivity index (χ1) is 10.8. The highest BCUT2D eigenvalue weighted by molar-refractivity contribution is 5.79. The molecule has 0 aliphatic rings. The Morgan fingerprint density at radius 3 is 1.39 bits per heavy atom. The predicted octanol–water partition coefficient (Wildman–Crippen LogP) is 7.52. The van der Waals surface area contributed by atoms with Crippen LogP contribution in [0.5, 0.6) is 0 Å². The van der Waals surface area contributed by atoms with E-state index >= 15 is 0 Å². The Balaban J connectivity index is 0. The third-order valence-electron chi connectivity index (χ3n) is 4.23. The van der Waals surface area contributed by atoms with Gasteiger partial charge in [-0.15, -0.1) is 0 Å². The van der Waals surface area contributed by atoms with E-state index in [0.717, 1.165) is 12.8 Å². The van der Waals surface area contributed by atoms with Gasteiger partial charge in [-0.2, -0.15) is 0 Å². The highest BCUT2D eigenvalue weighted by atomic mass is 16.4. The van der Waals surface area contributed by atoms with Crippen molar-refractivity contribution >= 4 is 5.97 Å². The molecule has 0 unspecified atom stereocenters. The van der Waals surface area contributed by atoms with Crippen molar-refractivity contribution in [2.24, 2.45) is 0 Å². The molecular weight excluding hydrogens is 284 g/mol. The average Bonchev–Trinajstić information content (AvgIpc) is 2.50. The maximum Gasteiger partial charge on any atom is 0.327 e. The first-order valence-corrected chi connectivity index (χ1v) is 9.67. The number of carboxylic acids is 1. The molecule has 0 spiro atoms. The molecule has 0 heterocycles. The van der Waals surface area contributed by atoms with Crippen LogP contribution in [-0.4, -0.2) is 11.1 Å². The standard InChI is InChI=1S/C20H38O2.CH4/c1-2-3-4-5-6-7-8-9-10-11-12-13-14-15-16-17-18-19-20(21)22;/h18-19H,2-17H2,1H3,(H,21,22);1H4/b19-18-;. The zero-order valence-electron chi connectivity index (χ0n) is 14.8. The van der Waals surface area contributed by atoms with Crippen LogP contribution in [0.2, 0.25) is 0 Å². The van der Waals surface area contributed by atoms with Gasteiger partial charge in [0, 0.05) is 6.08 Å². The van der Waals surface area contributed by atoms with E-state index in [1.54, 1.807) is 6.08 Å². The molecule has 0 aromatic rings. The molecule has 0 aliphatic heterocycles. The molecule has 1 N–H and O–H groups in total. The van der Waals surface area contributed by atoms with Crippen molar-refractivity contribution in [2.45, 2.75) is 117 Å². The Bertz CT molecular complexity index is 259. The number of carbonyl (C=O) groups is 1. The molecule has 0 radical (unpaired) electrons. The van der Waals surface area contributed by atoms with Crippen LogP contribution in [0, 0.1) is 0 Å². The Hall–Kier alpha value is -0.790. The molecule has 0 aromatic carbocycles. The van der Waals surface area contributed by atoms with E-state index in [1.807, 2.05) is 0 Å². The fraction of sp³-hybridized carbons (Fsp3) is 0.857. The first-order valence-electron chi connectivity index (χ1n) is 9.67. The van der Waals surface area contributed by atoms with Gasteiger partial charge in [-0.3, -0.25) is 0 Å². The van der Waals surface area contributed by atoms with E-state index in [2.05, 4.69) is 6.92 Å². The summed E-state index contributed by atoms with van der Waals surface area (Å²) >= 11 is 0. The van der Waals surface area contributed by atoms with Gasteiger partial charge in [0.25, 0.3) is 0 Å². The molecule has 0 aromatic heterocycles. The van der Waals surface area contributed by atoms with E-state index in [-0.39, 0.29) is 7.43 Å². The lowest BCUT2D eigenvalue weighted by molar-refractivity contribution is -0.131. The number of unbranched alkanes of at least 4 members (excludes halogenated alkanes) is 15. The first kappa shape index (κ1) is 24.5. The van der Waals surface area contributed by atoms with Crippen LogP contribution in [0.25, 0.3) is 0 Å². The lowest BCUT2D eigenvalue weighted by Crippen LogP contribution is -1.86. The van der Waals surface area contributed by atoms with E-state index in [1.165, 1.54) is 96.0 Å². The third kappa shape index (κ3) is 23.6. The summed E-state index contributed by atoms with van der Waals surface area (Å²) in [6.45, 7) is 2.27. The maximum atomic E-state index is 10.3. The molecule has 0 bridgehead atoms. The number of aliphatic carboxylic acids is 1. The molecule has 0 rings (SSSR count). The van der Waals surface area contributed by atoms with Crippen LogP contribution in [0.3, 0.4) is 0 Å². The molecule has 2 nitrogen and oxygen atoms in total. The Kier molecular flexibility index (Phi) is 22.6. The van der Waals surface area contributed by atoms with Gasteiger partial charge in [-0.1, -0.05) is 110 Å². The zero-order chi connectivity index (χ0) is 16.3. The van der Waals surface area contributed by atoms with Crippen LogP contribution in [-0.2, 0) is 4.79 Å². The minimum absolute atomic E-state index is 0. The SMILES string of the molecule is C.CCCCCCCCCCCCCCCCC/C=C\C(=O)O. The van der Waals surface area contributed by atoms with Crippen molar-refractivity contribution in [3.8, 4) is 0 Å². The fourth-order valence-electron chi connectivity index (χ4n) is 2.82. The second-order valence-corrected chi connectivity index (χ2v) is 6.48. The van der Waals surface area contributed by atoms with Gasteiger partial charge in [-0.25, -0.2) is 4.79 Å². The lowest BCUT2D eigenvalue weighted by atomic mass is 10.0. The average molecular weight is 327 g/mol. The summed E-state index contributed by atoms with van der Waals surface area (Å²) in [5.74, 6) is -0.832. The highest BCUT2D eigenvalue weighted by Crippen LogP contribution is 2.13. The smallest absolute Gasteiger partial charge is 0.327 e. The van der Waals surface area contributed by atoms with Gasteiger partial charge >= 0.3 is 5.97 Å². The van der Waals surface area contributed by atoms with Crippen LogP contribution in [0.4, 0.5) is 0 Å². The molecule has 138 valence electrons. The molecule has 0 saturated carbocycles.